The Balaban J connectivity index is 1.57. The highest BCUT2D eigenvalue weighted by molar-refractivity contribution is 7.13. The van der Waals surface area contributed by atoms with Gasteiger partial charge in [0, 0.05) is 19.6 Å². The van der Waals surface area contributed by atoms with E-state index in [4.69, 9.17) is 9.47 Å². The molecule has 41 heavy (non-hydrogen) atoms. The second kappa shape index (κ2) is 15.0. The second-order valence-corrected chi connectivity index (χ2v) is 13.5. The lowest BCUT2D eigenvalue weighted by Crippen LogP contribution is -2.57. The number of aryl methyl sites for hydroxylation is 2. The van der Waals surface area contributed by atoms with E-state index in [1.54, 1.807) is 16.2 Å². The number of hydrogen-bond donors (Lipinski definition) is 1. The van der Waals surface area contributed by atoms with Gasteiger partial charge in [0.05, 0.1) is 35.3 Å². The van der Waals surface area contributed by atoms with Crippen LogP contribution in [0, 0.1) is 24.2 Å². The van der Waals surface area contributed by atoms with E-state index in [1.165, 1.54) is 0 Å². The minimum absolute atomic E-state index is 0.0637. The summed E-state index contributed by atoms with van der Waals surface area (Å²) in [4.78, 5) is 47.1. The van der Waals surface area contributed by atoms with Crippen molar-refractivity contribution in [3.05, 3.63) is 41.0 Å². The number of thiazole rings is 1. The van der Waals surface area contributed by atoms with Crippen molar-refractivity contribution in [3.8, 4) is 10.4 Å². The fourth-order valence-corrected chi connectivity index (χ4v) is 5.86. The molecule has 0 aliphatic carbocycles. The normalized spacial score (nSPS) is 18.1. The molecule has 2 heterocycles. The first-order valence-electron chi connectivity index (χ1n) is 14.6. The summed E-state index contributed by atoms with van der Waals surface area (Å²) >= 11 is 1.62. The largest absolute Gasteiger partial charge is 0.379 e. The molecular formula is C32H47N3O5S. The van der Waals surface area contributed by atoms with Gasteiger partial charge in [-0.05, 0) is 48.1 Å². The molecule has 3 atom stereocenters. The Morgan fingerprint density at radius 2 is 1.80 bits per heavy atom. The molecule has 1 aromatic carbocycles. The first kappa shape index (κ1) is 32.9. The minimum Gasteiger partial charge on any atom is -0.379 e. The molecule has 1 aliphatic heterocycles. The van der Waals surface area contributed by atoms with Crippen molar-refractivity contribution in [1.29, 1.82) is 0 Å². The van der Waals surface area contributed by atoms with E-state index in [-0.39, 0.29) is 30.1 Å². The molecular weight excluding hydrogens is 538 g/mol. The van der Waals surface area contributed by atoms with E-state index >= 15 is 0 Å². The van der Waals surface area contributed by atoms with Crippen LogP contribution in [0.5, 0.6) is 0 Å². The summed E-state index contributed by atoms with van der Waals surface area (Å²) in [7, 11) is 0. The number of nitrogens with zero attached hydrogens (tertiary/aromatic N) is 2. The van der Waals surface area contributed by atoms with E-state index < -0.39 is 17.5 Å². The third kappa shape index (κ3) is 9.72. The number of carbonyl (C=O) groups excluding carboxylic acids is 3. The van der Waals surface area contributed by atoms with Crippen molar-refractivity contribution >= 4 is 28.9 Å². The van der Waals surface area contributed by atoms with Gasteiger partial charge in [0.2, 0.25) is 11.8 Å². The van der Waals surface area contributed by atoms with E-state index in [0.29, 0.717) is 51.5 Å². The number of benzene rings is 1. The molecule has 1 fully saturated rings. The summed E-state index contributed by atoms with van der Waals surface area (Å²) in [5, 5.41) is 2.88. The van der Waals surface area contributed by atoms with Gasteiger partial charge < -0.3 is 19.7 Å². The fraction of sp³-hybridized carbons (Fsp3) is 0.625. The first-order chi connectivity index (χ1) is 19.4. The fourth-order valence-electron chi connectivity index (χ4n) is 5.05. The van der Waals surface area contributed by atoms with Crippen LogP contribution in [-0.2, 0) is 30.3 Å². The molecule has 8 nitrogen and oxygen atoms in total. The maximum atomic E-state index is 13.8. The number of nitrogens with one attached hydrogen (secondary N) is 1. The van der Waals surface area contributed by atoms with Gasteiger partial charge in [-0.25, -0.2) is 4.98 Å². The van der Waals surface area contributed by atoms with Crippen LogP contribution >= 0.6 is 11.3 Å². The predicted octanol–water partition coefficient (Wildman–Crippen LogP) is 5.08. The second-order valence-electron chi connectivity index (χ2n) is 12.7. The quantitative estimate of drug-likeness (QED) is 0.311. The number of ketones is 1. The average molecular weight is 586 g/mol. The molecule has 3 rings (SSSR count). The standard InChI is InChI=1S/C32H47N3O5S/c1-21(2)18-39-14-15-40-19-28(37)34-30(32(5,6)7)31(38)35-17-22(3)16-26(35)27(36)13-10-24-8-11-25(12-9-24)29-23(4)33-20-41-29/h8-9,11-12,20-22,26,30H,10,13-19H2,1-7H3,(H,34,37)/t22-,26+,30-/m1/s1. The Kier molecular flexibility index (Phi) is 12.1. The molecule has 2 aromatic rings. The van der Waals surface area contributed by atoms with E-state index in [9.17, 15) is 14.4 Å². The third-order valence-corrected chi connectivity index (χ3v) is 8.24. The van der Waals surface area contributed by atoms with Gasteiger partial charge in [0.25, 0.3) is 0 Å². The van der Waals surface area contributed by atoms with Crippen LogP contribution < -0.4 is 5.32 Å². The number of ether oxygens (including phenoxy) is 2. The van der Waals surface area contributed by atoms with Crippen molar-refractivity contribution in [2.75, 3.05) is 33.0 Å². The molecule has 0 radical (unpaired) electrons. The smallest absolute Gasteiger partial charge is 0.246 e. The van der Waals surface area contributed by atoms with Gasteiger partial charge in [0.1, 0.15) is 12.6 Å². The highest BCUT2D eigenvalue weighted by atomic mass is 32.1. The van der Waals surface area contributed by atoms with Crippen LogP contribution in [0.25, 0.3) is 10.4 Å². The summed E-state index contributed by atoms with van der Waals surface area (Å²) < 4.78 is 10.9. The lowest BCUT2D eigenvalue weighted by Gasteiger charge is -2.35. The zero-order valence-corrected chi connectivity index (χ0v) is 26.5. The van der Waals surface area contributed by atoms with Crippen molar-refractivity contribution in [2.24, 2.45) is 17.3 Å². The molecule has 1 aliphatic rings. The van der Waals surface area contributed by atoms with Crippen LogP contribution in [0.3, 0.4) is 0 Å². The van der Waals surface area contributed by atoms with Gasteiger partial charge in [-0.1, -0.05) is 65.8 Å². The summed E-state index contributed by atoms with van der Waals surface area (Å²) in [6.07, 6.45) is 1.61. The summed E-state index contributed by atoms with van der Waals surface area (Å²) in [5.74, 6) is 0.146. The summed E-state index contributed by atoms with van der Waals surface area (Å²) in [6.45, 7) is 15.7. The van der Waals surface area contributed by atoms with E-state index in [2.05, 4.69) is 55.3 Å². The van der Waals surface area contributed by atoms with Gasteiger partial charge in [-0.3, -0.25) is 14.4 Å². The van der Waals surface area contributed by atoms with Crippen LogP contribution in [0.2, 0.25) is 0 Å². The van der Waals surface area contributed by atoms with Crippen LogP contribution in [0.15, 0.2) is 29.8 Å². The van der Waals surface area contributed by atoms with Crippen LogP contribution in [0.4, 0.5) is 0 Å². The monoisotopic (exact) mass is 585 g/mol. The minimum atomic E-state index is -0.765. The van der Waals surface area contributed by atoms with E-state index in [1.807, 2.05) is 33.2 Å². The summed E-state index contributed by atoms with van der Waals surface area (Å²) in [5.41, 5.74) is 4.54. The lowest BCUT2D eigenvalue weighted by atomic mass is 9.85. The number of likely N-dealkylation sites (tertiary alicyclic amines) is 1. The Bertz CT molecular complexity index is 1150. The highest BCUT2D eigenvalue weighted by Gasteiger charge is 2.43. The molecule has 9 heteroatoms. The molecule has 2 amide bonds. The lowest BCUT2D eigenvalue weighted by molar-refractivity contribution is -0.144. The molecule has 0 spiro atoms. The number of Topliss-reactive ketones (excluding diaryl/α,β-unsaturated/α-hetero) is 1. The average Bonchev–Trinajstić information content (AvgIpc) is 3.52. The van der Waals surface area contributed by atoms with Crippen LogP contribution in [0.1, 0.15) is 65.6 Å². The van der Waals surface area contributed by atoms with Gasteiger partial charge in [0.15, 0.2) is 5.78 Å². The van der Waals surface area contributed by atoms with Crippen molar-refractivity contribution in [3.63, 3.8) is 0 Å². The maximum absolute atomic E-state index is 13.8. The molecule has 0 saturated carbocycles. The number of aromatic nitrogens is 1. The Morgan fingerprint density at radius 3 is 2.41 bits per heavy atom. The SMILES string of the molecule is Cc1ncsc1-c1ccc(CCC(=O)[C@@H]2C[C@@H](C)CN2C(=O)[C@@H](NC(=O)COCCOCC(C)C)C(C)(C)C)cc1. The molecule has 1 saturated heterocycles. The molecule has 1 aromatic heterocycles. The predicted molar refractivity (Wildman–Crippen MR) is 163 cm³/mol. The number of amides is 2. The molecule has 0 unspecified atom stereocenters. The Hall–Kier alpha value is -2.62. The topological polar surface area (TPSA) is 97.8 Å². The molecule has 0 bridgehead atoms. The van der Waals surface area contributed by atoms with E-state index in [0.717, 1.165) is 21.7 Å². The van der Waals surface area contributed by atoms with Gasteiger partial charge in [-0.15, -0.1) is 11.3 Å². The Labute approximate surface area is 249 Å². The third-order valence-electron chi connectivity index (χ3n) is 7.26. The summed E-state index contributed by atoms with van der Waals surface area (Å²) in [6, 6.07) is 7.03. The van der Waals surface area contributed by atoms with Crippen LogP contribution in [-0.4, -0.2) is 72.5 Å². The van der Waals surface area contributed by atoms with Crippen molar-refractivity contribution in [2.45, 2.75) is 79.8 Å². The van der Waals surface area contributed by atoms with Crippen molar-refractivity contribution < 1.29 is 23.9 Å². The number of hydrogen-bond acceptors (Lipinski definition) is 7. The van der Waals surface area contributed by atoms with Gasteiger partial charge >= 0.3 is 0 Å². The number of carbonyl (C=O) groups is 3. The highest BCUT2D eigenvalue weighted by Crippen LogP contribution is 2.30. The van der Waals surface area contributed by atoms with Gasteiger partial charge in [-0.2, -0.15) is 0 Å². The molecule has 1 N–H and O–H groups in total. The zero-order valence-electron chi connectivity index (χ0n) is 25.7. The maximum Gasteiger partial charge on any atom is 0.246 e. The molecule has 226 valence electrons. The zero-order chi connectivity index (χ0) is 30.2. The Morgan fingerprint density at radius 1 is 1.12 bits per heavy atom. The first-order valence-corrected chi connectivity index (χ1v) is 15.5. The number of rotatable bonds is 14. The van der Waals surface area contributed by atoms with Crippen molar-refractivity contribution in [1.82, 2.24) is 15.2 Å².